The van der Waals surface area contributed by atoms with Gasteiger partial charge < -0.3 is 10.1 Å². The Labute approximate surface area is 111 Å². The molecular formula is C16H25NO. The van der Waals surface area contributed by atoms with Crippen LogP contribution in [-0.2, 0) is 0 Å². The molecule has 1 atom stereocenters. The fourth-order valence-corrected chi connectivity index (χ4v) is 1.82. The van der Waals surface area contributed by atoms with Gasteiger partial charge in [-0.05, 0) is 36.9 Å². The fraction of sp³-hybridized carbons (Fsp3) is 0.500. The first-order valence-electron chi connectivity index (χ1n) is 6.83. The van der Waals surface area contributed by atoms with Crippen molar-refractivity contribution in [3.8, 4) is 5.75 Å². The van der Waals surface area contributed by atoms with E-state index in [0.717, 1.165) is 38.3 Å². The minimum absolute atomic E-state index is 0.556. The van der Waals surface area contributed by atoms with E-state index in [-0.39, 0.29) is 0 Å². The van der Waals surface area contributed by atoms with Gasteiger partial charge in [0.05, 0.1) is 6.61 Å². The second-order valence-electron chi connectivity index (χ2n) is 4.54. The first-order valence-corrected chi connectivity index (χ1v) is 6.83. The van der Waals surface area contributed by atoms with E-state index in [1.54, 1.807) is 0 Å². The number of para-hydroxylation sites is 1. The Hall–Kier alpha value is -1.28. The van der Waals surface area contributed by atoms with E-state index in [1.807, 2.05) is 12.1 Å². The summed E-state index contributed by atoms with van der Waals surface area (Å²) >= 11 is 0. The first-order chi connectivity index (χ1) is 8.79. The summed E-state index contributed by atoms with van der Waals surface area (Å²) in [6.45, 7) is 10.7. The van der Waals surface area contributed by atoms with E-state index in [0.29, 0.717) is 5.92 Å². The summed E-state index contributed by atoms with van der Waals surface area (Å²) in [5, 5.41) is 3.27. The van der Waals surface area contributed by atoms with E-state index < -0.39 is 0 Å². The van der Waals surface area contributed by atoms with Crippen molar-refractivity contribution in [2.75, 3.05) is 19.7 Å². The average Bonchev–Trinajstić information content (AvgIpc) is 2.42. The molecule has 0 saturated heterocycles. The normalized spacial score (nSPS) is 12.1. The van der Waals surface area contributed by atoms with Gasteiger partial charge in [-0.25, -0.2) is 0 Å². The van der Waals surface area contributed by atoms with Gasteiger partial charge in [0.2, 0.25) is 0 Å². The standard InChI is InChI=1S/C16H25NO/c1-4-11-17-12-8-13-18-16-10-7-6-9-15(16)14(3)5-2/h4,6-7,9-10,14,17H,1,5,8,11-13H2,2-3H3/t14-/m0/s1. The Morgan fingerprint density at radius 3 is 2.89 bits per heavy atom. The van der Waals surface area contributed by atoms with E-state index in [1.165, 1.54) is 5.56 Å². The number of hydrogen-bond acceptors (Lipinski definition) is 2. The highest BCUT2D eigenvalue weighted by molar-refractivity contribution is 5.35. The topological polar surface area (TPSA) is 21.3 Å². The molecule has 0 aromatic heterocycles. The molecule has 0 radical (unpaired) electrons. The number of hydrogen-bond donors (Lipinski definition) is 1. The lowest BCUT2D eigenvalue weighted by atomic mass is 9.98. The van der Waals surface area contributed by atoms with Crippen molar-refractivity contribution in [2.24, 2.45) is 0 Å². The molecule has 2 heteroatoms. The zero-order chi connectivity index (χ0) is 13.2. The van der Waals surface area contributed by atoms with Crippen LogP contribution >= 0.6 is 0 Å². The molecule has 0 unspecified atom stereocenters. The molecule has 0 aliphatic rings. The maximum Gasteiger partial charge on any atom is 0.122 e. The highest BCUT2D eigenvalue weighted by Gasteiger charge is 2.08. The molecule has 0 spiro atoms. The third-order valence-electron chi connectivity index (χ3n) is 3.11. The van der Waals surface area contributed by atoms with Crippen molar-refractivity contribution in [3.63, 3.8) is 0 Å². The Morgan fingerprint density at radius 2 is 2.17 bits per heavy atom. The third kappa shape index (κ3) is 4.92. The largest absolute Gasteiger partial charge is 0.493 e. The molecule has 1 N–H and O–H groups in total. The highest BCUT2D eigenvalue weighted by Crippen LogP contribution is 2.28. The maximum atomic E-state index is 5.87. The summed E-state index contributed by atoms with van der Waals surface area (Å²) in [6.07, 6.45) is 4.03. The van der Waals surface area contributed by atoms with Crippen molar-refractivity contribution < 1.29 is 4.74 Å². The summed E-state index contributed by atoms with van der Waals surface area (Å²) in [5.41, 5.74) is 1.32. The molecule has 1 rings (SSSR count). The molecule has 0 amide bonds. The van der Waals surface area contributed by atoms with Crippen LogP contribution in [0.3, 0.4) is 0 Å². The number of benzene rings is 1. The Kier molecular flexibility index (Phi) is 7.19. The van der Waals surface area contributed by atoms with Crippen LogP contribution in [0, 0.1) is 0 Å². The molecule has 100 valence electrons. The van der Waals surface area contributed by atoms with Crippen LogP contribution in [0.5, 0.6) is 5.75 Å². The van der Waals surface area contributed by atoms with Gasteiger partial charge >= 0.3 is 0 Å². The molecular weight excluding hydrogens is 222 g/mol. The minimum atomic E-state index is 0.556. The van der Waals surface area contributed by atoms with Crippen molar-refractivity contribution in [2.45, 2.75) is 32.6 Å². The molecule has 0 aliphatic carbocycles. The van der Waals surface area contributed by atoms with E-state index in [9.17, 15) is 0 Å². The quantitative estimate of drug-likeness (QED) is 0.530. The Morgan fingerprint density at radius 1 is 1.39 bits per heavy atom. The van der Waals surface area contributed by atoms with Crippen molar-refractivity contribution in [3.05, 3.63) is 42.5 Å². The molecule has 0 bridgehead atoms. The minimum Gasteiger partial charge on any atom is -0.493 e. The van der Waals surface area contributed by atoms with Crippen molar-refractivity contribution in [1.29, 1.82) is 0 Å². The van der Waals surface area contributed by atoms with Crippen LogP contribution in [0.4, 0.5) is 0 Å². The number of rotatable bonds is 9. The molecule has 2 nitrogen and oxygen atoms in total. The second-order valence-corrected chi connectivity index (χ2v) is 4.54. The number of ether oxygens (including phenoxy) is 1. The third-order valence-corrected chi connectivity index (χ3v) is 3.11. The van der Waals surface area contributed by atoms with Crippen LogP contribution < -0.4 is 10.1 Å². The van der Waals surface area contributed by atoms with Gasteiger partial charge in [0.15, 0.2) is 0 Å². The molecule has 0 heterocycles. The zero-order valence-corrected chi connectivity index (χ0v) is 11.6. The van der Waals surface area contributed by atoms with Gasteiger partial charge in [-0.1, -0.05) is 38.1 Å². The molecule has 1 aromatic carbocycles. The van der Waals surface area contributed by atoms with Crippen LogP contribution in [0.1, 0.15) is 38.2 Å². The average molecular weight is 247 g/mol. The summed E-state index contributed by atoms with van der Waals surface area (Å²) in [6, 6.07) is 8.36. The monoisotopic (exact) mass is 247 g/mol. The second kappa shape index (κ2) is 8.76. The van der Waals surface area contributed by atoms with E-state index in [2.05, 4.69) is 43.9 Å². The van der Waals surface area contributed by atoms with Crippen LogP contribution in [0.2, 0.25) is 0 Å². The zero-order valence-electron chi connectivity index (χ0n) is 11.6. The summed E-state index contributed by atoms with van der Waals surface area (Å²) in [7, 11) is 0. The van der Waals surface area contributed by atoms with Gasteiger partial charge in [-0.2, -0.15) is 0 Å². The SMILES string of the molecule is C=CCNCCCOc1ccccc1[C@@H](C)CC. The van der Waals surface area contributed by atoms with E-state index in [4.69, 9.17) is 4.74 Å². The van der Waals surface area contributed by atoms with E-state index >= 15 is 0 Å². The lowest BCUT2D eigenvalue weighted by Gasteiger charge is -2.15. The van der Waals surface area contributed by atoms with Gasteiger partial charge in [0.1, 0.15) is 5.75 Å². The predicted octanol–water partition coefficient (Wildman–Crippen LogP) is 3.74. The first kappa shape index (κ1) is 14.8. The summed E-state index contributed by atoms with van der Waals surface area (Å²) in [4.78, 5) is 0. The molecule has 0 aliphatic heterocycles. The molecule has 0 fully saturated rings. The fourth-order valence-electron chi connectivity index (χ4n) is 1.82. The molecule has 0 saturated carbocycles. The molecule has 1 aromatic rings. The lowest BCUT2D eigenvalue weighted by molar-refractivity contribution is 0.304. The van der Waals surface area contributed by atoms with Gasteiger partial charge in [-0.3, -0.25) is 0 Å². The predicted molar refractivity (Wildman–Crippen MR) is 78.3 cm³/mol. The molecule has 18 heavy (non-hydrogen) atoms. The highest BCUT2D eigenvalue weighted by atomic mass is 16.5. The summed E-state index contributed by atoms with van der Waals surface area (Å²) in [5.74, 6) is 1.59. The van der Waals surface area contributed by atoms with Gasteiger partial charge in [0.25, 0.3) is 0 Å². The number of nitrogens with one attached hydrogen (secondary N) is 1. The van der Waals surface area contributed by atoms with Gasteiger partial charge in [-0.15, -0.1) is 6.58 Å². The maximum absolute atomic E-state index is 5.87. The summed E-state index contributed by atoms with van der Waals surface area (Å²) < 4.78 is 5.87. The van der Waals surface area contributed by atoms with Crippen molar-refractivity contribution in [1.82, 2.24) is 5.32 Å². The lowest BCUT2D eigenvalue weighted by Crippen LogP contribution is -2.17. The van der Waals surface area contributed by atoms with Gasteiger partial charge in [0, 0.05) is 6.54 Å². The van der Waals surface area contributed by atoms with Crippen LogP contribution in [0.15, 0.2) is 36.9 Å². The smallest absolute Gasteiger partial charge is 0.122 e. The van der Waals surface area contributed by atoms with Crippen LogP contribution in [0.25, 0.3) is 0 Å². The Bertz CT molecular complexity index is 349. The van der Waals surface area contributed by atoms with Crippen molar-refractivity contribution >= 4 is 0 Å². The Balaban J connectivity index is 2.39. The van der Waals surface area contributed by atoms with Crippen LogP contribution in [-0.4, -0.2) is 19.7 Å².